The van der Waals surface area contributed by atoms with Gasteiger partial charge in [-0.25, -0.2) is 14.2 Å². The third kappa shape index (κ3) is 4.52. The molecule has 142 valence electrons. The molecule has 2 N–H and O–H groups in total. The van der Waals surface area contributed by atoms with E-state index in [0.29, 0.717) is 38.4 Å². The zero-order valence-electron chi connectivity index (χ0n) is 15.1. The number of anilines is 2. The van der Waals surface area contributed by atoms with Crippen LogP contribution < -0.4 is 15.5 Å². The van der Waals surface area contributed by atoms with Crippen molar-refractivity contribution in [1.29, 1.82) is 0 Å². The molecule has 2 heterocycles. The van der Waals surface area contributed by atoms with E-state index in [1.807, 2.05) is 13.0 Å². The molecule has 1 saturated heterocycles. The first-order chi connectivity index (χ1) is 13.1. The number of pyridine rings is 1. The number of aromatic nitrogens is 1. The molecule has 1 aliphatic rings. The summed E-state index contributed by atoms with van der Waals surface area (Å²) in [5.74, 6) is -0.0153. The lowest BCUT2D eigenvalue weighted by atomic mass is 10.1. The molecule has 7 nitrogen and oxygen atoms in total. The van der Waals surface area contributed by atoms with Gasteiger partial charge in [0, 0.05) is 32.7 Å². The van der Waals surface area contributed by atoms with E-state index in [0.717, 1.165) is 5.82 Å². The van der Waals surface area contributed by atoms with Gasteiger partial charge in [-0.2, -0.15) is 0 Å². The Balaban J connectivity index is 1.57. The van der Waals surface area contributed by atoms with E-state index in [-0.39, 0.29) is 17.5 Å². The molecule has 0 bridgehead atoms. The largest absolute Gasteiger partial charge is 0.353 e. The average Bonchev–Trinajstić information content (AvgIpc) is 2.69. The maximum atomic E-state index is 13.8. The predicted octanol–water partition coefficient (Wildman–Crippen LogP) is 2.32. The van der Waals surface area contributed by atoms with Crippen LogP contribution in [0.5, 0.6) is 0 Å². The molecule has 0 radical (unpaired) electrons. The van der Waals surface area contributed by atoms with Crippen LogP contribution in [0.3, 0.4) is 0 Å². The van der Waals surface area contributed by atoms with Gasteiger partial charge in [0.2, 0.25) is 0 Å². The van der Waals surface area contributed by atoms with E-state index >= 15 is 0 Å². The molecule has 1 aliphatic heterocycles. The molecule has 2 aromatic rings. The summed E-state index contributed by atoms with van der Waals surface area (Å²) in [5, 5.41) is 5.35. The summed E-state index contributed by atoms with van der Waals surface area (Å²) in [4.78, 5) is 32.1. The predicted molar refractivity (Wildman–Crippen MR) is 101 cm³/mol. The van der Waals surface area contributed by atoms with E-state index in [2.05, 4.69) is 20.5 Å². The monoisotopic (exact) mass is 371 g/mol. The van der Waals surface area contributed by atoms with Crippen LogP contribution in [0.2, 0.25) is 0 Å². The number of carbonyl (C=O) groups excluding carboxylic acids is 2. The number of piperazine rings is 1. The molecule has 0 saturated carbocycles. The van der Waals surface area contributed by atoms with Gasteiger partial charge in [-0.05, 0) is 31.2 Å². The molecule has 1 aromatic carbocycles. The number of halogens is 1. The SMILES string of the molecule is CCNC(=O)Nc1ccc(N2CCN(C(=O)c3ccccc3F)CC2)nc1. The number of carbonyl (C=O) groups is 2. The molecule has 0 aliphatic carbocycles. The molecule has 27 heavy (non-hydrogen) atoms. The quantitative estimate of drug-likeness (QED) is 0.865. The number of benzene rings is 1. The Kier molecular flexibility index (Phi) is 5.85. The lowest BCUT2D eigenvalue weighted by Crippen LogP contribution is -2.49. The van der Waals surface area contributed by atoms with Crippen molar-refractivity contribution in [2.24, 2.45) is 0 Å². The molecular weight excluding hydrogens is 349 g/mol. The van der Waals surface area contributed by atoms with Gasteiger partial charge in [0.15, 0.2) is 0 Å². The standard InChI is InChI=1S/C19H22FN5O2/c1-2-21-19(27)23-14-7-8-17(22-13-14)24-9-11-25(12-10-24)18(26)15-5-3-4-6-16(15)20/h3-8,13H,2,9-12H2,1H3,(H2,21,23,27). The summed E-state index contributed by atoms with van der Waals surface area (Å²) in [6.07, 6.45) is 1.60. The fraction of sp³-hybridized carbons (Fsp3) is 0.316. The number of nitrogens with zero attached hydrogens (tertiary/aromatic N) is 3. The van der Waals surface area contributed by atoms with Gasteiger partial charge in [0.25, 0.3) is 5.91 Å². The summed E-state index contributed by atoms with van der Waals surface area (Å²) >= 11 is 0. The van der Waals surface area contributed by atoms with Crippen LogP contribution in [0.15, 0.2) is 42.6 Å². The number of nitrogens with one attached hydrogen (secondary N) is 2. The van der Waals surface area contributed by atoms with E-state index in [9.17, 15) is 14.0 Å². The maximum Gasteiger partial charge on any atom is 0.319 e. The summed E-state index contributed by atoms with van der Waals surface area (Å²) < 4.78 is 13.8. The summed E-state index contributed by atoms with van der Waals surface area (Å²) in [7, 11) is 0. The molecule has 8 heteroatoms. The Morgan fingerprint density at radius 3 is 2.48 bits per heavy atom. The van der Waals surface area contributed by atoms with Crippen LogP contribution in [0, 0.1) is 5.82 Å². The third-order valence-electron chi connectivity index (χ3n) is 4.34. The molecule has 3 amide bonds. The van der Waals surface area contributed by atoms with E-state index in [1.165, 1.54) is 12.1 Å². The van der Waals surface area contributed by atoms with E-state index < -0.39 is 5.82 Å². The third-order valence-corrected chi connectivity index (χ3v) is 4.34. The van der Waals surface area contributed by atoms with Crippen LogP contribution in [-0.2, 0) is 0 Å². The van der Waals surface area contributed by atoms with E-state index in [4.69, 9.17) is 0 Å². The smallest absolute Gasteiger partial charge is 0.319 e. The Morgan fingerprint density at radius 2 is 1.85 bits per heavy atom. The second kappa shape index (κ2) is 8.48. The van der Waals surface area contributed by atoms with Crippen molar-refractivity contribution in [3.05, 3.63) is 54.0 Å². The normalized spacial score (nSPS) is 14.0. The Morgan fingerprint density at radius 1 is 1.11 bits per heavy atom. The molecule has 0 atom stereocenters. The first kappa shape index (κ1) is 18.6. The van der Waals surface area contributed by atoms with Crippen molar-refractivity contribution in [3.63, 3.8) is 0 Å². The van der Waals surface area contributed by atoms with Gasteiger partial charge in [-0.3, -0.25) is 4.79 Å². The van der Waals surface area contributed by atoms with Gasteiger partial charge in [-0.15, -0.1) is 0 Å². The number of amides is 3. The fourth-order valence-corrected chi connectivity index (χ4v) is 2.93. The molecular formula is C19H22FN5O2. The van der Waals surface area contributed by atoms with Crippen LogP contribution in [-0.4, -0.2) is 54.5 Å². The minimum Gasteiger partial charge on any atom is -0.353 e. The molecule has 0 spiro atoms. The molecule has 0 unspecified atom stereocenters. The molecule has 1 fully saturated rings. The van der Waals surface area contributed by atoms with Gasteiger partial charge in [0.1, 0.15) is 11.6 Å². The maximum absolute atomic E-state index is 13.8. The van der Waals surface area contributed by atoms with Crippen LogP contribution in [0.25, 0.3) is 0 Å². The average molecular weight is 371 g/mol. The van der Waals surface area contributed by atoms with Gasteiger partial charge in [0.05, 0.1) is 17.4 Å². The highest BCUT2D eigenvalue weighted by molar-refractivity contribution is 5.94. The minimum atomic E-state index is -0.498. The van der Waals surface area contributed by atoms with Gasteiger partial charge in [-0.1, -0.05) is 12.1 Å². The van der Waals surface area contributed by atoms with Crippen LogP contribution >= 0.6 is 0 Å². The second-order valence-corrected chi connectivity index (χ2v) is 6.15. The highest BCUT2D eigenvalue weighted by Gasteiger charge is 2.24. The fourth-order valence-electron chi connectivity index (χ4n) is 2.93. The number of urea groups is 1. The van der Waals surface area contributed by atoms with Crippen LogP contribution in [0.4, 0.5) is 20.7 Å². The van der Waals surface area contributed by atoms with Crippen molar-refractivity contribution in [3.8, 4) is 0 Å². The highest BCUT2D eigenvalue weighted by Crippen LogP contribution is 2.18. The number of rotatable bonds is 4. The summed E-state index contributed by atoms with van der Waals surface area (Å²) in [6, 6.07) is 9.37. The first-order valence-corrected chi connectivity index (χ1v) is 8.88. The molecule has 1 aromatic heterocycles. The Bertz CT molecular complexity index is 804. The lowest BCUT2D eigenvalue weighted by Gasteiger charge is -2.35. The number of hydrogen-bond acceptors (Lipinski definition) is 4. The molecule has 3 rings (SSSR count). The Labute approximate surface area is 157 Å². The van der Waals surface area contributed by atoms with Crippen molar-refractivity contribution in [1.82, 2.24) is 15.2 Å². The van der Waals surface area contributed by atoms with Gasteiger partial charge < -0.3 is 20.4 Å². The van der Waals surface area contributed by atoms with Crippen molar-refractivity contribution in [2.45, 2.75) is 6.92 Å². The van der Waals surface area contributed by atoms with Crippen LogP contribution in [0.1, 0.15) is 17.3 Å². The number of hydrogen-bond donors (Lipinski definition) is 2. The van der Waals surface area contributed by atoms with Crippen molar-refractivity contribution < 1.29 is 14.0 Å². The zero-order valence-corrected chi connectivity index (χ0v) is 15.1. The lowest BCUT2D eigenvalue weighted by molar-refractivity contribution is 0.0742. The minimum absolute atomic E-state index is 0.102. The van der Waals surface area contributed by atoms with Crippen molar-refractivity contribution >= 4 is 23.4 Å². The van der Waals surface area contributed by atoms with Gasteiger partial charge >= 0.3 is 6.03 Å². The zero-order chi connectivity index (χ0) is 19.2. The topological polar surface area (TPSA) is 77.6 Å². The summed E-state index contributed by atoms with van der Waals surface area (Å²) in [6.45, 7) is 4.60. The Hall–Kier alpha value is -3.16. The second-order valence-electron chi connectivity index (χ2n) is 6.15. The van der Waals surface area contributed by atoms with Crippen molar-refractivity contribution in [2.75, 3.05) is 42.9 Å². The first-order valence-electron chi connectivity index (χ1n) is 8.88. The summed E-state index contributed by atoms with van der Waals surface area (Å²) in [5.41, 5.74) is 0.711. The van der Waals surface area contributed by atoms with E-state index in [1.54, 1.807) is 29.3 Å². The highest BCUT2D eigenvalue weighted by atomic mass is 19.1.